The molecule has 160 valence electrons. The molecule has 0 atom stereocenters. The molecule has 2 heterocycles. The molecule has 0 spiro atoms. The summed E-state index contributed by atoms with van der Waals surface area (Å²) in [4.78, 5) is 26.5. The molecule has 0 unspecified atom stereocenters. The summed E-state index contributed by atoms with van der Waals surface area (Å²) in [6.07, 6.45) is 1.84. The van der Waals surface area contributed by atoms with E-state index < -0.39 is 0 Å². The van der Waals surface area contributed by atoms with Gasteiger partial charge >= 0.3 is 0 Å². The number of fused-ring (bicyclic) bond motifs is 2. The SMILES string of the molecule is C=c1nc2c(c(=O)[nH]1)=Nc1cc(C)c(NCCOC)cc1N2CCCc1ccccc1. The van der Waals surface area contributed by atoms with Gasteiger partial charge in [-0.2, -0.15) is 0 Å². The zero-order valence-electron chi connectivity index (χ0n) is 17.9. The predicted octanol–water partition coefficient (Wildman–Crippen LogP) is 2.58. The van der Waals surface area contributed by atoms with Crippen LogP contribution in [0.15, 0.2) is 52.3 Å². The fourth-order valence-corrected chi connectivity index (χ4v) is 3.80. The van der Waals surface area contributed by atoms with Crippen LogP contribution in [0.3, 0.4) is 0 Å². The number of hydrogen-bond donors (Lipinski definition) is 2. The third-order valence-electron chi connectivity index (χ3n) is 5.34. The number of benzene rings is 2. The molecule has 1 aliphatic rings. The van der Waals surface area contributed by atoms with Crippen LogP contribution in [0.2, 0.25) is 0 Å². The van der Waals surface area contributed by atoms with Crippen LogP contribution in [-0.2, 0) is 11.2 Å². The maximum Gasteiger partial charge on any atom is 0.279 e. The highest BCUT2D eigenvalue weighted by Gasteiger charge is 2.23. The van der Waals surface area contributed by atoms with E-state index in [0.717, 1.165) is 35.5 Å². The molecule has 2 aromatic carbocycles. The number of methoxy groups -OCH3 is 1. The first-order valence-corrected chi connectivity index (χ1v) is 10.4. The largest absolute Gasteiger partial charge is 0.383 e. The molecule has 0 saturated carbocycles. The van der Waals surface area contributed by atoms with Crippen molar-refractivity contribution in [2.45, 2.75) is 19.8 Å². The number of ether oxygens (including phenoxy) is 1. The van der Waals surface area contributed by atoms with Gasteiger partial charge in [-0.25, -0.2) is 9.98 Å². The summed E-state index contributed by atoms with van der Waals surface area (Å²) < 4.78 is 5.16. The van der Waals surface area contributed by atoms with E-state index >= 15 is 0 Å². The van der Waals surface area contributed by atoms with Crippen molar-refractivity contribution >= 4 is 29.5 Å². The second-order valence-corrected chi connectivity index (χ2v) is 7.61. The quantitative estimate of drug-likeness (QED) is 0.551. The van der Waals surface area contributed by atoms with E-state index in [4.69, 9.17) is 4.74 Å². The summed E-state index contributed by atoms with van der Waals surface area (Å²) in [5.74, 6) is 0.556. The fourth-order valence-electron chi connectivity index (χ4n) is 3.80. The van der Waals surface area contributed by atoms with Crippen molar-refractivity contribution in [3.05, 3.63) is 74.8 Å². The highest BCUT2D eigenvalue weighted by atomic mass is 16.5. The highest BCUT2D eigenvalue weighted by molar-refractivity contribution is 5.80. The van der Waals surface area contributed by atoms with Gasteiger partial charge in [0, 0.05) is 25.9 Å². The van der Waals surface area contributed by atoms with Crippen LogP contribution in [0.4, 0.5) is 22.9 Å². The van der Waals surface area contributed by atoms with Gasteiger partial charge in [0.15, 0.2) is 11.2 Å². The first kappa shape index (κ1) is 20.8. The predicted molar refractivity (Wildman–Crippen MR) is 124 cm³/mol. The van der Waals surface area contributed by atoms with Gasteiger partial charge in [-0.1, -0.05) is 36.9 Å². The minimum atomic E-state index is -0.270. The van der Waals surface area contributed by atoms with E-state index in [1.807, 2.05) is 19.1 Å². The maximum absolute atomic E-state index is 12.6. The molecule has 0 bridgehead atoms. The minimum Gasteiger partial charge on any atom is -0.383 e. The van der Waals surface area contributed by atoms with E-state index in [2.05, 4.69) is 62.1 Å². The Balaban J connectivity index is 1.72. The number of H-pyrrole nitrogens is 1. The second kappa shape index (κ2) is 9.14. The Morgan fingerprint density at radius 3 is 2.81 bits per heavy atom. The number of nitrogens with zero attached hydrogens (tertiary/aromatic N) is 3. The van der Waals surface area contributed by atoms with Gasteiger partial charge < -0.3 is 19.9 Å². The molecule has 2 N–H and O–H groups in total. The third-order valence-corrected chi connectivity index (χ3v) is 5.34. The Bertz CT molecular complexity index is 1240. The van der Waals surface area contributed by atoms with Crippen LogP contribution in [0, 0.1) is 6.92 Å². The summed E-state index contributed by atoms with van der Waals surface area (Å²) in [6, 6.07) is 14.5. The van der Waals surface area contributed by atoms with Gasteiger partial charge in [-0.15, -0.1) is 0 Å². The van der Waals surface area contributed by atoms with Gasteiger partial charge in [-0.3, -0.25) is 4.79 Å². The van der Waals surface area contributed by atoms with E-state index in [-0.39, 0.29) is 5.56 Å². The zero-order chi connectivity index (χ0) is 21.8. The summed E-state index contributed by atoms with van der Waals surface area (Å²) in [7, 11) is 1.69. The monoisotopic (exact) mass is 417 g/mol. The summed E-state index contributed by atoms with van der Waals surface area (Å²) in [6.45, 7) is 7.89. The lowest BCUT2D eigenvalue weighted by molar-refractivity contribution is 0.211. The van der Waals surface area contributed by atoms with Crippen LogP contribution in [0.25, 0.3) is 6.58 Å². The molecule has 1 aliphatic heterocycles. The highest BCUT2D eigenvalue weighted by Crippen LogP contribution is 2.38. The molecular weight excluding hydrogens is 390 g/mol. The lowest BCUT2D eigenvalue weighted by atomic mass is 10.1. The molecule has 7 heteroatoms. The number of nitrogens with one attached hydrogen (secondary N) is 2. The first-order chi connectivity index (χ1) is 15.1. The number of aromatic nitrogens is 2. The van der Waals surface area contributed by atoms with Gasteiger partial charge in [-0.05, 0) is 43.0 Å². The van der Waals surface area contributed by atoms with Gasteiger partial charge in [0.2, 0.25) is 0 Å². The molecule has 0 aliphatic carbocycles. The van der Waals surface area contributed by atoms with E-state index in [1.165, 1.54) is 5.56 Å². The summed E-state index contributed by atoms with van der Waals surface area (Å²) >= 11 is 0. The van der Waals surface area contributed by atoms with Crippen molar-refractivity contribution in [3.8, 4) is 0 Å². The third kappa shape index (κ3) is 4.51. The van der Waals surface area contributed by atoms with Gasteiger partial charge in [0.05, 0.1) is 18.0 Å². The van der Waals surface area contributed by atoms with Crippen LogP contribution < -0.4 is 26.6 Å². The van der Waals surface area contributed by atoms with Crippen molar-refractivity contribution < 1.29 is 4.74 Å². The Kier molecular flexibility index (Phi) is 6.13. The van der Waals surface area contributed by atoms with E-state index in [1.54, 1.807) is 7.11 Å². The molecule has 7 nitrogen and oxygen atoms in total. The minimum absolute atomic E-state index is 0.270. The Morgan fingerprint density at radius 1 is 1.23 bits per heavy atom. The van der Waals surface area contributed by atoms with Crippen molar-refractivity contribution in [3.63, 3.8) is 0 Å². The normalized spacial score (nSPS) is 12.1. The molecule has 0 fully saturated rings. The topological polar surface area (TPSA) is 82.6 Å². The number of aryl methyl sites for hydroxylation is 2. The van der Waals surface area contributed by atoms with Gasteiger partial charge in [0.25, 0.3) is 5.56 Å². The Labute approximate surface area is 181 Å². The van der Waals surface area contributed by atoms with Crippen LogP contribution in [0.5, 0.6) is 0 Å². The molecule has 0 radical (unpaired) electrons. The van der Waals surface area contributed by atoms with E-state index in [9.17, 15) is 4.79 Å². The summed E-state index contributed by atoms with van der Waals surface area (Å²) in [5.41, 5.74) is 5.13. The van der Waals surface area contributed by atoms with Crippen LogP contribution >= 0.6 is 0 Å². The Hall–Kier alpha value is -3.45. The average molecular weight is 418 g/mol. The smallest absolute Gasteiger partial charge is 0.279 e. The molecule has 4 rings (SSSR count). The van der Waals surface area contributed by atoms with Crippen LogP contribution in [-0.4, -0.2) is 36.8 Å². The number of hydrogen-bond acceptors (Lipinski definition) is 6. The summed E-state index contributed by atoms with van der Waals surface area (Å²) in [5, 5.41) is 3.75. The lowest BCUT2D eigenvalue weighted by Crippen LogP contribution is -2.42. The molecule has 0 saturated heterocycles. The number of anilines is 3. The standard InChI is InChI=1S/C24H27N5O2/c1-16-14-20-21(15-19(16)25-11-13-31-3)29(12-7-10-18-8-5-4-6-9-18)23-22(28-20)24(30)27-17(2)26-23/h4-6,8-9,14-15,25H,2,7,10-13H2,1,3H3,(H,27,30). The fraction of sp³-hybridized carbons (Fsp3) is 0.292. The molecular formula is C24H27N5O2. The van der Waals surface area contributed by atoms with Crippen molar-refractivity contribution in [1.82, 2.24) is 9.97 Å². The van der Waals surface area contributed by atoms with Crippen molar-refractivity contribution in [2.24, 2.45) is 4.99 Å². The van der Waals surface area contributed by atoms with Crippen molar-refractivity contribution in [2.75, 3.05) is 37.0 Å². The molecule has 31 heavy (non-hydrogen) atoms. The Morgan fingerprint density at radius 2 is 2.03 bits per heavy atom. The molecule has 3 aromatic rings. The second-order valence-electron chi connectivity index (χ2n) is 7.61. The number of rotatable bonds is 8. The first-order valence-electron chi connectivity index (χ1n) is 10.4. The van der Waals surface area contributed by atoms with Gasteiger partial charge in [0.1, 0.15) is 5.48 Å². The zero-order valence-corrected chi connectivity index (χ0v) is 17.9. The molecule has 1 aromatic heterocycles. The lowest BCUT2D eigenvalue weighted by Gasteiger charge is -2.29. The maximum atomic E-state index is 12.6. The average Bonchev–Trinajstić information content (AvgIpc) is 2.75. The molecule has 0 amide bonds. The van der Waals surface area contributed by atoms with E-state index in [0.29, 0.717) is 36.4 Å². The number of aromatic amines is 1. The van der Waals surface area contributed by atoms with Crippen molar-refractivity contribution in [1.29, 1.82) is 0 Å². The van der Waals surface area contributed by atoms with Crippen LogP contribution in [0.1, 0.15) is 17.5 Å².